The van der Waals surface area contributed by atoms with Crippen LogP contribution in [0.15, 0.2) is 18.2 Å². The van der Waals surface area contributed by atoms with Crippen molar-refractivity contribution in [1.29, 1.82) is 0 Å². The first-order chi connectivity index (χ1) is 18.3. The number of rotatable bonds is 8. The first-order valence-electron chi connectivity index (χ1n) is 14.0. The molecule has 222 valence electrons. The number of hydrogen-bond donors (Lipinski definition) is 3. The molecule has 1 saturated carbocycles. The zero-order valence-electron chi connectivity index (χ0n) is 24.8. The van der Waals surface area contributed by atoms with E-state index in [1.807, 2.05) is 39.8 Å². The number of carbonyl (C=O) groups excluding carboxylic acids is 4. The third kappa shape index (κ3) is 8.68. The number of alkyl carbamates (subject to hydrolysis) is 1. The molecule has 1 aliphatic carbocycles. The van der Waals surface area contributed by atoms with Gasteiger partial charge in [-0.25, -0.2) is 4.79 Å². The molecule has 1 aromatic carbocycles. The van der Waals surface area contributed by atoms with Gasteiger partial charge in [0.1, 0.15) is 17.2 Å². The number of esters is 1. The van der Waals surface area contributed by atoms with Crippen molar-refractivity contribution < 1.29 is 33.8 Å². The highest BCUT2D eigenvalue weighted by molar-refractivity contribution is 6.01. The van der Waals surface area contributed by atoms with E-state index in [4.69, 9.17) is 15.2 Å². The Hall–Kier alpha value is -3.14. The van der Waals surface area contributed by atoms with Crippen LogP contribution < -0.4 is 11.1 Å². The van der Waals surface area contributed by atoms with Gasteiger partial charge in [-0.05, 0) is 104 Å². The van der Waals surface area contributed by atoms with E-state index in [0.29, 0.717) is 31.2 Å². The van der Waals surface area contributed by atoms with Gasteiger partial charge in [0.05, 0.1) is 5.60 Å². The van der Waals surface area contributed by atoms with E-state index < -0.39 is 40.8 Å². The summed E-state index contributed by atoms with van der Waals surface area (Å²) < 4.78 is 10.8. The monoisotopic (exact) mass is 559 g/mol. The Labute approximate surface area is 236 Å². The molecule has 0 saturated heterocycles. The summed E-state index contributed by atoms with van der Waals surface area (Å²) in [4.78, 5) is 51.6. The van der Waals surface area contributed by atoms with Crippen LogP contribution in [0, 0.1) is 5.92 Å². The van der Waals surface area contributed by atoms with Gasteiger partial charge in [0.15, 0.2) is 0 Å². The molecular formula is C30H45N3O7. The van der Waals surface area contributed by atoms with E-state index in [0.717, 1.165) is 11.1 Å². The number of primary amides is 1. The molecule has 1 fully saturated rings. The van der Waals surface area contributed by atoms with E-state index in [-0.39, 0.29) is 37.3 Å². The van der Waals surface area contributed by atoms with Crippen molar-refractivity contribution in [3.8, 4) is 0 Å². The Morgan fingerprint density at radius 3 is 2.40 bits per heavy atom. The predicted octanol–water partition coefficient (Wildman–Crippen LogP) is 3.61. The molecule has 1 heterocycles. The van der Waals surface area contributed by atoms with Crippen molar-refractivity contribution in [3.05, 3.63) is 34.9 Å². The van der Waals surface area contributed by atoms with Crippen molar-refractivity contribution in [3.63, 3.8) is 0 Å². The number of benzene rings is 1. The largest absolute Gasteiger partial charge is 0.460 e. The molecule has 10 heteroatoms. The number of carbonyl (C=O) groups is 4. The molecule has 3 rings (SSSR count). The Balaban J connectivity index is 1.72. The lowest BCUT2D eigenvalue weighted by Gasteiger charge is -2.40. The smallest absolute Gasteiger partial charge is 0.407 e. The second kappa shape index (κ2) is 11.8. The third-order valence-electron chi connectivity index (χ3n) is 7.21. The molecular weight excluding hydrogens is 514 g/mol. The number of amides is 3. The number of ether oxygens (including phenoxy) is 2. The minimum atomic E-state index is -0.938. The van der Waals surface area contributed by atoms with Gasteiger partial charge < -0.3 is 30.5 Å². The first kappa shape index (κ1) is 31.4. The average Bonchev–Trinajstić information content (AvgIpc) is 3.08. The van der Waals surface area contributed by atoms with E-state index >= 15 is 0 Å². The molecule has 0 bridgehead atoms. The van der Waals surface area contributed by atoms with Crippen LogP contribution in [0.2, 0.25) is 0 Å². The first-order valence-corrected chi connectivity index (χ1v) is 14.0. The number of nitrogens with two attached hydrogens (primary N) is 1. The van der Waals surface area contributed by atoms with E-state index in [2.05, 4.69) is 5.32 Å². The van der Waals surface area contributed by atoms with Crippen LogP contribution >= 0.6 is 0 Å². The highest BCUT2D eigenvalue weighted by Crippen LogP contribution is 2.36. The number of aliphatic hydroxyl groups is 1. The van der Waals surface area contributed by atoms with Gasteiger partial charge in [0.25, 0.3) is 5.91 Å². The molecule has 0 radical (unpaired) electrons. The number of nitrogens with one attached hydrogen (secondary N) is 1. The Kier molecular flexibility index (Phi) is 9.23. The van der Waals surface area contributed by atoms with Gasteiger partial charge in [-0.2, -0.15) is 0 Å². The lowest BCUT2D eigenvalue weighted by Crippen LogP contribution is -2.49. The normalized spacial score (nSPS) is 23.8. The molecule has 10 nitrogen and oxygen atoms in total. The van der Waals surface area contributed by atoms with E-state index in [1.165, 1.54) is 4.90 Å². The molecule has 0 unspecified atom stereocenters. The number of hydrogen-bond acceptors (Lipinski definition) is 7. The minimum absolute atomic E-state index is 0.0378. The van der Waals surface area contributed by atoms with Gasteiger partial charge in [0, 0.05) is 24.6 Å². The molecule has 3 amide bonds. The van der Waals surface area contributed by atoms with Crippen LogP contribution in [0.5, 0.6) is 0 Å². The van der Waals surface area contributed by atoms with Crippen LogP contribution in [-0.2, 0) is 32.0 Å². The van der Waals surface area contributed by atoms with Gasteiger partial charge in [-0.15, -0.1) is 0 Å². The van der Waals surface area contributed by atoms with Crippen LogP contribution in [-0.4, -0.2) is 62.8 Å². The standard InChI is InChI=1S/C30H45N3O7/c1-28(2,3)39-24(34)11-10-23(25(31)35)33-17-20-15-18(8-9-21(20)26(33)36)14-19-16-30(7,38)13-12-22(19)32-27(37)40-29(4,5)6/h8-9,15,19,22-23,38H,10-14,16-17H2,1-7H3,(H2,31,35)(H,32,37)/t19-,22-,23-,30+/m0/s1. The quantitative estimate of drug-likeness (QED) is 0.412. The van der Waals surface area contributed by atoms with Gasteiger partial charge in [0.2, 0.25) is 5.91 Å². The van der Waals surface area contributed by atoms with E-state index in [1.54, 1.807) is 26.8 Å². The van der Waals surface area contributed by atoms with Gasteiger partial charge in [-0.1, -0.05) is 12.1 Å². The highest BCUT2D eigenvalue weighted by Gasteiger charge is 2.39. The zero-order valence-corrected chi connectivity index (χ0v) is 24.8. The summed E-state index contributed by atoms with van der Waals surface area (Å²) in [7, 11) is 0. The van der Waals surface area contributed by atoms with Gasteiger partial charge in [-0.3, -0.25) is 14.4 Å². The SMILES string of the molecule is CC(C)(C)OC(=O)CC[C@@H](C(N)=O)N1Cc2cc(C[C@H]3C[C@](C)(O)CC[C@@H]3NC(=O)OC(C)(C)C)ccc2C1=O. The summed E-state index contributed by atoms with van der Waals surface area (Å²) in [5, 5.41) is 13.8. The van der Waals surface area contributed by atoms with Crippen molar-refractivity contribution in [2.45, 2.75) is 122 Å². The Morgan fingerprint density at radius 1 is 1.15 bits per heavy atom. The fourth-order valence-electron chi connectivity index (χ4n) is 5.55. The fraction of sp³-hybridized carbons (Fsp3) is 0.667. The molecule has 4 N–H and O–H groups in total. The van der Waals surface area contributed by atoms with Crippen molar-refractivity contribution >= 4 is 23.9 Å². The molecule has 1 aromatic rings. The predicted molar refractivity (Wildman–Crippen MR) is 149 cm³/mol. The lowest BCUT2D eigenvalue weighted by atomic mass is 9.73. The van der Waals surface area contributed by atoms with Crippen molar-refractivity contribution in [1.82, 2.24) is 10.2 Å². The second-order valence-electron chi connectivity index (χ2n) is 13.4. The summed E-state index contributed by atoms with van der Waals surface area (Å²) in [6.45, 7) is 12.7. The van der Waals surface area contributed by atoms with Crippen LogP contribution in [0.25, 0.3) is 0 Å². The maximum Gasteiger partial charge on any atom is 0.407 e. The summed E-state index contributed by atoms with van der Waals surface area (Å²) in [6, 6.07) is 4.44. The second-order valence-corrected chi connectivity index (χ2v) is 13.4. The molecule has 2 aliphatic rings. The average molecular weight is 560 g/mol. The summed E-state index contributed by atoms with van der Waals surface area (Å²) >= 11 is 0. The Bertz CT molecular complexity index is 1130. The van der Waals surface area contributed by atoms with Crippen LogP contribution in [0.1, 0.15) is 102 Å². The Morgan fingerprint density at radius 2 is 1.80 bits per heavy atom. The van der Waals surface area contributed by atoms with Crippen LogP contribution in [0.4, 0.5) is 4.79 Å². The number of nitrogens with zero attached hydrogens (tertiary/aromatic N) is 1. The molecule has 4 atom stereocenters. The summed E-state index contributed by atoms with van der Waals surface area (Å²) in [5.41, 5.74) is 5.75. The molecule has 0 spiro atoms. The minimum Gasteiger partial charge on any atom is -0.460 e. The third-order valence-corrected chi connectivity index (χ3v) is 7.21. The maximum atomic E-state index is 13.2. The van der Waals surface area contributed by atoms with E-state index in [9.17, 15) is 24.3 Å². The topological polar surface area (TPSA) is 148 Å². The number of fused-ring (bicyclic) bond motifs is 1. The fourth-order valence-corrected chi connectivity index (χ4v) is 5.55. The molecule has 40 heavy (non-hydrogen) atoms. The highest BCUT2D eigenvalue weighted by atomic mass is 16.6. The zero-order chi connectivity index (χ0) is 30.0. The maximum absolute atomic E-state index is 13.2. The van der Waals surface area contributed by atoms with Crippen LogP contribution in [0.3, 0.4) is 0 Å². The van der Waals surface area contributed by atoms with Crippen molar-refractivity contribution in [2.75, 3.05) is 0 Å². The molecule has 1 aliphatic heterocycles. The summed E-state index contributed by atoms with van der Waals surface area (Å²) in [5.74, 6) is -1.48. The lowest BCUT2D eigenvalue weighted by molar-refractivity contribution is -0.155. The van der Waals surface area contributed by atoms with Gasteiger partial charge >= 0.3 is 12.1 Å². The summed E-state index contributed by atoms with van der Waals surface area (Å²) in [6.07, 6.45) is 1.82. The van der Waals surface area contributed by atoms with Crippen molar-refractivity contribution in [2.24, 2.45) is 11.7 Å². The molecule has 0 aromatic heterocycles.